The Morgan fingerprint density at radius 1 is 1.48 bits per heavy atom. The number of aromatic hydroxyl groups is 1. The molecule has 1 aliphatic heterocycles. The van der Waals surface area contributed by atoms with E-state index in [2.05, 4.69) is 5.10 Å². The summed E-state index contributed by atoms with van der Waals surface area (Å²) in [5, 5.41) is 18.2. The van der Waals surface area contributed by atoms with Crippen LogP contribution in [0.25, 0.3) is 0 Å². The van der Waals surface area contributed by atoms with Crippen molar-refractivity contribution in [1.82, 2.24) is 5.01 Å². The number of phenols is 1. The number of thiophene rings is 1. The van der Waals surface area contributed by atoms with Crippen LogP contribution >= 0.6 is 11.3 Å². The molecule has 0 radical (unpaired) electrons. The number of hydrogen-bond donors (Lipinski definition) is 1. The minimum absolute atomic E-state index is 0.0219. The predicted molar refractivity (Wildman–Crippen MR) is 90.0 cm³/mol. The van der Waals surface area contributed by atoms with Crippen LogP contribution in [0.5, 0.6) is 11.5 Å². The Labute approximate surface area is 138 Å². The molecule has 1 atom stereocenters. The van der Waals surface area contributed by atoms with Crippen molar-refractivity contribution in [3.63, 3.8) is 0 Å². The van der Waals surface area contributed by atoms with Crippen LogP contribution in [0.2, 0.25) is 0 Å². The van der Waals surface area contributed by atoms with E-state index in [0.29, 0.717) is 29.9 Å². The summed E-state index contributed by atoms with van der Waals surface area (Å²) < 4.78 is 5.11. The lowest BCUT2D eigenvalue weighted by Gasteiger charge is -2.19. The number of hydrazone groups is 1. The zero-order valence-electron chi connectivity index (χ0n) is 13.0. The maximum absolute atomic E-state index is 12.2. The van der Waals surface area contributed by atoms with Gasteiger partial charge in [0, 0.05) is 29.3 Å². The summed E-state index contributed by atoms with van der Waals surface area (Å²) in [5.41, 5.74) is 1.35. The van der Waals surface area contributed by atoms with E-state index >= 15 is 0 Å². The summed E-state index contributed by atoms with van der Waals surface area (Å²) in [5.74, 6) is 0.673. The normalized spacial score (nSPS) is 17.2. The average molecular weight is 330 g/mol. The molecular formula is C17H18N2O3S. The molecule has 0 saturated heterocycles. The molecule has 2 heterocycles. The third-order valence-electron chi connectivity index (χ3n) is 3.86. The Bertz CT molecular complexity index is 740. The van der Waals surface area contributed by atoms with Crippen LogP contribution in [0.15, 0.2) is 40.8 Å². The van der Waals surface area contributed by atoms with Crippen molar-refractivity contribution >= 4 is 23.0 Å². The Morgan fingerprint density at radius 3 is 2.91 bits per heavy atom. The molecule has 1 aliphatic rings. The van der Waals surface area contributed by atoms with Crippen LogP contribution in [0, 0.1) is 0 Å². The van der Waals surface area contributed by atoms with Crippen LogP contribution in [-0.4, -0.2) is 28.8 Å². The monoisotopic (exact) mass is 330 g/mol. The molecule has 1 N–H and O–H groups in total. The molecule has 0 bridgehead atoms. The smallest absolute Gasteiger partial charge is 0.243 e. The van der Waals surface area contributed by atoms with Gasteiger partial charge in [0.25, 0.3) is 0 Å². The first-order valence-corrected chi connectivity index (χ1v) is 8.32. The van der Waals surface area contributed by atoms with Crippen molar-refractivity contribution in [3.05, 3.63) is 46.2 Å². The number of phenolic OH excluding ortho intramolecular Hbond substituents is 1. The molecule has 1 amide bonds. The first kappa shape index (κ1) is 15.6. The van der Waals surface area contributed by atoms with E-state index in [1.165, 1.54) is 0 Å². The highest BCUT2D eigenvalue weighted by Gasteiger charge is 2.33. The molecule has 0 unspecified atom stereocenters. The summed E-state index contributed by atoms with van der Waals surface area (Å²) in [4.78, 5) is 13.3. The van der Waals surface area contributed by atoms with Gasteiger partial charge in [-0.3, -0.25) is 4.79 Å². The predicted octanol–water partition coefficient (Wildman–Crippen LogP) is 3.55. The van der Waals surface area contributed by atoms with E-state index < -0.39 is 0 Å². The molecule has 0 aliphatic carbocycles. The number of carbonyl (C=O) groups excluding carboxylic acids is 1. The molecule has 6 heteroatoms. The zero-order valence-corrected chi connectivity index (χ0v) is 13.8. The SMILES string of the molecule is CCC(=O)N1N=C(c2ccc(OC)cc2O)C[C@@H]1c1cccs1. The summed E-state index contributed by atoms with van der Waals surface area (Å²) in [6, 6.07) is 9.00. The van der Waals surface area contributed by atoms with E-state index in [9.17, 15) is 9.90 Å². The molecule has 0 spiro atoms. The molecule has 23 heavy (non-hydrogen) atoms. The Balaban J connectivity index is 1.96. The number of rotatable bonds is 4. The number of benzene rings is 1. The lowest BCUT2D eigenvalue weighted by atomic mass is 10.0. The second-order valence-corrected chi connectivity index (χ2v) is 6.24. The second-order valence-electron chi connectivity index (χ2n) is 5.26. The topological polar surface area (TPSA) is 62.1 Å². The molecule has 120 valence electrons. The van der Waals surface area contributed by atoms with Crippen molar-refractivity contribution in [2.24, 2.45) is 5.10 Å². The minimum Gasteiger partial charge on any atom is -0.507 e. The van der Waals surface area contributed by atoms with Gasteiger partial charge in [-0.25, -0.2) is 5.01 Å². The van der Waals surface area contributed by atoms with Gasteiger partial charge in [-0.2, -0.15) is 5.10 Å². The second kappa shape index (κ2) is 6.42. The van der Waals surface area contributed by atoms with Crippen molar-refractivity contribution in [2.45, 2.75) is 25.8 Å². The summed E-state index contributed by atoms with van der Waals surface area (Å²) >= 11 is 1.61. The molecule has 0 saturated carbocycles. The van der Waals surface area contributed by atoms with E-state index in [1.54, 1.807) is 41.7 Å². The molecule has 0 fully saturated rings. The largest absolute Gasteiger partial charge is 0.507 e. The van der Waals surface area contributed by atoms with E-state index in [4.69, 9.17) is 4.74 Å². The Kier molecular flexibility index (Phi) is 4.34. The number of amides is 1. The lowest BCUT2D eigenvalue weighted by molar-refractivity contribution is -0.132. The van der Waals surface area contributed by atoms with Gasteiger partial charge >= 0.3 is 0 Å². The Morgan fingerprint density at radius 2 is 2.30 bits per heavy atom. The molecule has 1 aromatic heterocycles. The van der Waals surface area contributed by atoms with Gasteiger partial charge in [-0.05, 0) is 23.6 Å². The highest BCUT2D eigenvalue weighted by Crippen LogP contribution is 2.37. The van der Waals surface area contributed by atoms with Gasteiger partial charge in [0.15, 0.2) is 0 Å². The number of methoxy groups -OCH3 is 1. The van der Waals surface area contributed by atoms with Gasteiger partial charge in [-0.15, -0.1) is 11.3 Å². The maximum Gasteiger partial charge on any atom is 0.243 e. The first-order chi connectivity index (χ1) is 11.1. The van der Waals surface area contributed by atoms with E-state index in [-0.39, 0.29) is 17.7 Å². The lowest BCUT2D eigenvalue weighted by Crippen LogP contribution is -2.25. The van der Waals surface area contributed by atoms with Crippen LogP contribution in [0.3, 0.4) is 0 Å². The zero-order chi connectivity index (χ0) is 16.4. The van der Waals surface area contributed by atoms with Crippen molar-refractivity contribution in [2.75, 3.05) is 7.11 Å². The van der Waals surface area contributed by atoms with Crippen LogP contribution in [0.4, 0.5) is 0 Å². The molecular weight excluding hydrogens is 312 g/mol. The van der Waals surface area contributed by atoms with Crippen molar-refractivity contribution < 1.29 is 14.6 Å². The van der Waals surface area contributed by atoms with Gasteiger partial charge in [0.2, 0.25) is 5.91 Å². The quantitative estimate of drug-likeness (QED) is 0.932. The first-order valence-electron chi connectivity index (χ1n) is 7.44. The fraction of sp³-hybridized carbons (Fsp3) is 0.294. The van der Waals surface area contributed by atoms with Gasteiger partial charge < -0.3 is 9.84 Å². The van der Waals surface area contributed by atoms with Gasteiger partial charge in [0.1, 0.15) is 11.5 Å². The maximum atomic E-state index is 12.2. The highest BCUT2D eigenvalue weighted by molar-refractivity contribution is 7.10. The number of ether oxygens (including phenoxy) is 1. The van der Waals surface area contributed by atoms with Crippen molar-refractivity contribution in [1.29, 1.82) is 0 Å². The van der Waals surface area contributed by atoms with Gasteiger partial charge in [-0.1, -0.05) is 13.0 Å². The molecule has 3 rings (SSSR count). The fourth-order valence-corrected chi connectivity index (χ4v) is 3.46. The number of nitrogens with zero attached hydrogens (tertiary/aromatic N) is 2. The van der Waals surface area contributed by atoms with Crippen LogP contribution < -0.4 is 4.74 Å². The van der Waals surface area contributed by atoms with E-state index in [1.807, 2.05) is 24.4 Å². The summed E-state index contributed by atoms with van der Waals surface area (Å²) in [6.45, 7) is 1.83. The average Bonchev–Trinajstić information content (AvgIpc) is 3.23. The van der Waals surface area contributed by atoms with E-state index in [0.717, 1.165) is 4.88 Å². The molecule has 1 aromatic carbocycles. The third-order valence-corrected chi connectivity index (χ3v) is 4.83. The number of hydrogen-bond acceptors (Lipinski definition) is 5. The van der Waals surface area contributed by atoms with Crippen LogP contribution in [-0.2, 0) is 4.79 Å². The van der Waals surface area contributed by atoms with Gasteiger partial charge in [0.05, 0.1) is 18.9 Å². The van der Waals surface area contributed by atoms with Crippen LogP contribution in [0.1, 0.15) is 36.2 Å². The summed E-state index contributed by atoms with van der Waals surface area (Å²) in [7, 11) is 1.55. The van der Waals surface area contributed by atoms with Crippen molar-refractivity contribution in [3.8, 4) is 11.5 Å². The molecule has 2 aromatic rings. The third kappa shape index (κ3) is 2.94. The fourth-order valence-electron chi connectivity index (χ4n) is 2.65. The molecule has 5 nitrogen and oxygen atoms in total. The standard InChI is InChI=1S/C17H18N2O3S/c1-3-17(21)19-14(16-5-4-8-23-16)10-13(18-19)12-7-6-11(22-2)9-15(12)20/h4-9,14,20H,3,10H2,1-2H3/t14-/m1/s1. The minimum atomic E-state index is -0.0982. The number of carbonyl (C=O) groups is 1. The summed E-state index contributed by atoms with van der Waals surface area (Å²) in [6.07, 6.45) is 0.986. The highest BCUT2D eigenvalue weighted by atomic mass is 32.1. The Hall–Kier alpha value is -2.34.